The van der Waals surface area contributed by atoms with Crippen molar-refractivity contribution in [2.45, 2.75) is 36.3 Å². The SMILES string of the molecule is Cc1ccnc(S[C@@H]2C[C@@H](C(=O)NCCN(C)C)N(Cc3ccccc3)C2)n1. The molecule has 2 aromatic rings. The zero-order chi connectivity index (χ0) is 19.9. The van der Waals surface area contributed by atoms with E-state index in [1.54, 1.807) is 18.0 Å². The average Bonchev–Trinajstić information content (AvgIpc) is 3.04. The molecule has 2 atom stereocenters. The molecule has 1 aromatic heterocycles. The Hall–Kier alpha value is -1.96. The second kappa shape index (κ2) is 10.0. The minimum Gasteiger partial charge on any atom is -0.353 e. The number of nitrogens with zero attached hydrogens (tertiary/aromatic N) is 4. The second-order valence-electron chi connectivity index (χ2n) is 7.48. The third-order valence-electron chi connectivity index (χ3n) is 4.80. The first kappa shape index (κ1) is 20.8. The maximum Gasteiger partial charge on any atom is 0.237 e. The number of rotatable bonds is 8. The summed E-state index contributed by atoms with van der Waals surface area (Å²) < 4.78 is 0. The van der Waals surface area contributed by atoms with E-state index in [2.05, 4.69) is 37.2 Å². The summed E-state index contributed by atoms with van der Waals surface area (Å²) in [7, 11) is 4.02. The molecule has 1 aromatic carbocycles. The number of aryl methyl sites for hydroxylation is 1. The summed E-state index contributed by atoms with van der Waals surface area (Å²) in [5.41, 5.74) is 2.20. The van der Waals surface area contributed by atoms with Gasteiger partial charge in [-0.05, 0) is 39.1 Å². The summed E-state index contributed by atoms with van der Waals surface area (Å²) in [6.07, 6.45) is 2.61. The summed E-state index contributed by atoms with van der Waals surface area (Å²) in [5.74, 6) is 0.117. The minimum atomic E-state index is -0.121. The van der Waals surface area contributed by atoms with Crippen molar-refractivity contribution in [2.24, 2.45) is 0 Å². The summed E-state index contributed by atoms with van der Waals surface area (Å²) in [4.78, 5) is 26.1. The molecule has 0 spiro atoms. The van der Waals surface area contributed by atoms with Gasteiger partial charge in [0.25, 0.3) is 0 Å². The fraction of sp³-hybridized carbons (Fsp3) is 0.476. The Morgan fingerprint density at radius 1 is 1.29 bits per heavy atom. The van der Waals surface area contributed by atoms with Gasteiger partial charge in [-0.2, -0.15) is 0 Å². The number of carbonyl (C=O) groups is 1. The molecular weight excluding hydrogens is 370 g/mol. The summed E-state index contributed by atoms with van der Waals surface area (Å²) in [6, 6.07) is 12.1. The van der Waals surface area contributed by atoms with E-state index in [1.807, 2.05) is 45.3 Å². The molecule has 1 N–H and O–H groups in total. The minimum absolute atomic E-state index is 0.117. The fourth-order valence-corrected chi connectivity index (χ4v) is 4.53. The molecule has 1 aliphatic heterocycles. The molecule has 0 unspecified atom stereocenters. The van der Waals surface area contributed by atoms with Crippen molar-refractivity contribution in [3.8, 4) is 0 Å². The smallest absolute Gasteiger partial charge is 0.237 e. The van der Waals surface area contributed by atoms with Crippen molar-refractivity contribution in [1.29, 1.82) is 0 Å². The third-order valence-corrected chi connectivity index (χ3v) is 5.88. The average molecular weight is 400 g/mol. The third kappa shape index (κ3) is 6.02. The van der Waals surface area contributed by atoms with Gasteiger partial charge in [-0.15, -0.1) is 0 Å². The van der Waals surface area contributed by atoms with E-state index in [-0.39, 0.29) is 11.9 Å². The summed E-state index contributed by atoms with van der Waals surface area (Å²) in [6.45, 7) is 5.11. The lowest BCUT2D eigenvalue weighted by Crippen LogP contribution is -2.44. The Morgan fingerprint density at radius 3 is 2.79 bits per heavy atom. The maximum absolute atomic E-state index is 12.9. The number of thioether (sulfide) groups is 1. The van der Waals surface area contributed by atoms with E-state index in [0.717, 1.165) is 36.9 Å². The van der Waals surface area contributed by atoms with Crippen molar-refractivity contribution in [3.05, 3.63) is 53.9 Å². The van der Waals surface area contributed by atoms with Gasteiger partial charge in [0.2, 0.25) is 5.91 Å². The predicted octanol–water partition coefficient (Wildman–Crippen LogP) is 2.20. The lowest BCUT2D eigenvalue weighted by Gasteiger charge is -2.24. The van der Waals surface area contributed by atoms with Crippen molar-refractivity contribution >= 4 is 17.7 Å². The van der Waals surface area contributed by atoms with Crippen LogP contribution in [0.15, 0.2) is 47.8 Å². The zero-order valence-corrected chi connectivity index (χ0v) is 17.7. The number of amides is 1. The van der Waals surface area contributed by atoms with Gasteiger partial charge >= 0.3 is 0 Å². The highest BCUT2D eigenvalue weighted by Crippen LogP contribution is 2.32. The van der Waals surface area contributed by atoms with E-state index in [0.29, 0.717) is 11.8 Å². The Kier molecular flexibility index (Phi) is 7.42. The van der Waals surface area contributed by atoms with E-state index in [9.17, 15) is 4.79 Å². The number of hydrogen-bond donors (Lipinski definition) is 1. The summed E-state index contributed by atoms with van der Waals surface area (Å²) in [5, 5.41) is 4.19. The Labute approximate surface area is 171 Å². The first-order valence-corrected chi connectivity index (χ1v) is 10.6. The molecule has 0 saturated carbocycles. The monoisotopic (exact) mass is 399 g/mol. The van der Waals surface area contributed by atoms with Crippen molar-refractivity contribution in [2.75, 3.05) is 33.7 Å². The zero-order valence-electron chi connectivity index (χ0n) is 16.8. The molecule has 6 nitrogen and oxygen atoms in total. The molecule has 1 saturated heterocycles. The van der Waals surface area contributed by atoms with E-state index < -0.39 is 0 Å². The van der Waals surface area contributed by atoms with E-state index in [1.165, 1.54) is 5.56 Å². The van der Waals surface area contributed by atoms with Crippen molar-refractivity contribution in [3.63, 3.8) is 0 Å². The maximum atomic E-state index is 12.9. The molecular formula is C21H29N5OS. The van der Waals surface area contributed by atoms with Crippen LogP contribution in [0.5, 0.6) is 0 Å². The highest BCUT2D eigenvalue weighted by molar-refractivity contribution is 7.99. The van der Waals surface area contributed by atoms with Crippen molar-refractivity contribution < 1.29 is 4.79 Å². The first-order chi connectivity index (χ1) is 13.5. The van der Waals surface area contributed by atoms with E-state index >= 15 is 0 Å². The molecule has 1 amide bonds. The normalized spacial score (nSPS) is 19.9. The van der Waals surface area contributed by atoms with Crippen LogP contribution < -0.4 is 5.32 Å². The van der Waals surface area contributed by atoms with Gasteiger partial charge in [-0.25, -0.2) is 9.97 Å². The number of hydrogen-bond acceptors (Lipinski definition) is 6. The van der Waals surface area contributed by atoms with Crippen LogP contribution in [0.2, 0.25) is 0 Å². The van der Waals surface area contributed by atoms with Gasteiger partial charge in [0, 0.05) is 43.3 Å². The van der Waals surface area contributed by atoms with Crippen LogP contribution in [0.3, 0.4) is 0 Å². The number of nitrogens with one attached hydrogen (secondary N) is 1. The predicted molar refractivity (Wildman–Crippen MR) is 113 cm³/mol. The van der Waals surface area contributed by atoms with Crippen molar-refractivity contribution in [1.82, 2.24) is 25.1 Å². The molecule has 7 heteroatoms. The number of likely N-dealkylation sites (tertiary alicyclic amines) is 1. The van der Waals surface area contributed by atoms with Crippen LogP contribution in [-0.2, 0) is 11.3 Å². The highest BCUT2D eigenvalue weighted by atomic mass is 32.2. The number of likely N-dealkylation sites (N-methyl/N-ethyl adjacent to an activating group) is 1. The number of carbonyl (C=O) groups excluding carboxylic acids is 1. The lowest BCUT2D eigenvalue weighted by molar-refractivity contribution is -0.125. The fourth-order valence-electron chi connectivity index (χ4n) is 3.36. The van der Waals surface area contributed by atoms with E-state index in [4.69, 9.17) is 0 Å². The molecule has 1 fully saturated rings. The van der Waals surface area contributed by atoms with Crippen LogP contribution in [0, 0.1) is 6.92 Å². The van der Waals surface area contributed by atoms with Gasteiger partial charge in [0.1, 0.15) is 0 Å². The van der Waals surface area contributed by atoms with Crippen LogP contribution in [-0.4, -0.2) is 70.7 Å². The number of aromatic nitrogens is 2. The molecule has 3 rings (SSSR count). The first-order valence-electron chi connectivity index (χ1n) is 9.68. The summed E-state index contributed by atoms with van der Waals surface area (Å²) >= 11 is 1.68. The van der Waals surface area contributed by atoms with Gasteiger partial charge in [-0.3, -0.25) is 9.69 Å². The van der Waals surface area contributed by atoms with Gasteiger partial charge in [-0.1, -0.05) is 42.1 Å². The topological polar surface area (TPSA) is 61.4 Å². The van der Waals surface area contributed by atoms with Crippen LogP contribution in [0.4, 0.5) is 0 Å². The standard InChI is InChI=1S/C21H29N5OS/c1-16-9-10-23-21(24-16)28-18-13-19(20(27)22-11-12-25(2)3)26(15-18)14-17-7-5-4-6-8-17/h4-10,18-19H,11-15H2,1-3H3,(H,22,27)/t18-,19+/m1/s1. The molecule has 0 aliphatic carbocycles. The van der Waals surface area contributed by atoms with Gasteiger partial charge in [0.15, 0.2) is 5.16 Å². The van der Waals surface area contributed by atoms with Gasteiger partial charge < -0.3 is 10.2 Å². The molecule has 150 valence electrons. The molecule has 0 bridgehead atoms. The molecule has 1 aliphatic rings. The largest absolute Gasteiger partial charge is 0.353 e. The molecule has 0 radical (unpaired) electrons. The van der Waals surface area contributed by atoms with Crippen LogP contribution >= 0.6 is 11.8 Å². The van der Waals surface area contributed by atoms with Crippen LogP contribution in [0.1, 0.15) is 17.7 Å². The second-order valence-corrected chi connectivity index (χ2v) is 8.75. The molecule has 2 heterocycles. The van der Waals surface area contributed by atoms with Gasteiger partial charge in [0.05, 0.1) is 6.04 Å². The highest BCUT2D eigenvalue weighted by Gasteiger charge is 2.37. The Bertz CT molecular complexity index is 770. The number of benzene rings is 1. The Balaban J connectivity index is 1.67. The van der Waals surface area contributed by atoms with Crippen LogP contribution in [0.25, 0.3) is 0 Å². The quantitative estimate of drug-likeness (QED) is 0.687. The lowest BCUT2D eigenvalue weighted by atomic mass is 10.1. The Morgan fingerprint density at radius 2 is 2.07 bits per heavy atom. The molecule has 28 heavy (non-hydrogen) atoms.